The Morgan fingerprint density at radius 1 is 0.360 bits per heavy atom. The SMILES string of the molecule is CC1(C)c2ccccc2C2(c3ccccc3-c3ccccc32)c2cc(-c3ccc(-c4cc(-c5ccccc5)c5ccccc5n4)cc3)ccc21. The van der Waals surface area contributed by atoms with Gasteiger partial charge in [-0.25, -0.2) is 4.98 Å². The molecule has 8 aromatic rings. The van der Waals surface area contributed by atoms with Gasteiger partial charge in [-0.05, 0) is 85.0 Å². The smallest absolute Gasteiger partial charge is 0.0719 e. The van der Waals surface area contributed by atoms with Crippen LogP contribution in [0.2, 0.25) is 0 Å². The third-order valence-corrected chi connectivity index (χ3v) is 11.4. The Labute approximate surface area is 293 Å². The van der Waals surface area contributed by atoms with Crippen LogP contribution in [-0.2, 0) is 10.8 Å². The van der Waals surface area contributed by atoms with E-state index in [2.05, 4.69) is 190 Å². The first-order valence-electron chi connectivity index (χ1n) is 17.6. The molecule has 2 aliphatic carbocycles. The molecule has 0 N–H and O–H groups in total. The molecular weight excluding hydrogens is 603 g/mol. The first-order chi connectivity index (χ1) is 24.5. The lowest BCUT2D eigenvalue weighted by atomic mass is 9.55. The standard InChI is InChI=1S/C49H35N/c1-48(2)42-21-11-12-22-44(42)49(40-19-9-6-16-36(40)37-17-7-10-20-41(37)49)45-30-35(28-29-43(45)48)32-24-26-34(27-25-32)47-31-39(33-14-4-3-5-15-33)38-18-8-13-23-46(38)50-47/h3-31H,1-2H3. The van der Waals surface area contributed by atoms with Crippen molar-refractivity contribution in [3.05, 3.63) is 209 Å². The maximum Gasteiger partial charge on any atom is 0.0719 e. The Kier molecular flexibility index (Phi) is 6.20. The van der Waals surface area contributed by atoms with Crippen molar-refractivity contribution in [2.75, 3.05) is 0 Å². The van der Waals surface area contributed by atoms with Gasteiger partial charge >= 0.3 is 0 Å². The summed E-state index contributed by atoms with van der Waals surface area (Å²) in [5.74, 6) is 0. The molecule has 1 spiro atoms. The topological polar surface area (TPSA) is 12.9 Å². The van der Waals surface area contributed by atoms with Crippen molar-refractivity contribution in [2.24, 2.45) is 0 Å². The Bertz CT molecular complexity index is 2560. The van der Waals surface area contributed by atoms with E-state index in [1.807, 2.05) is 0 Å². The molecule has 0 saturated carbocycles. The molecule has 0 radical (unpaired) electrons. The van der Waals surface area contributed by atoms with E-state index >= 15 is 0 Å². The highest BCUT2D eigenvalue weighted by Gasteiger charge is 2.53. The van der Waals surface area contributed by atoms with Gasteiger partial charge < -0.3 is 0 Å². The third kappa shape index (κ3) is 3.98. The van der Waals surface area contributed by atoms with Gasteiger partial charge in [0.05, 0.1) is 16.6 Å². The van der Waals surface area contributed by atoms with Crippen LogP contribution in [-0.4, -0.2) is 4.98 Å². The first kappa shape index (κ1) is 28.9. The van der Waals surface area contributed by atoms with Crippen LogP contribution in [0.4, 0.5) is 0 Å². The highest BCUT2D eigenvalue weighted by Crippen LogP contribution is 2.62. The van der Waals surface area contributed by atoms with Crippen molar-refractivity contribution in [2.45, 2.75) is 24.7 Å². The third-order valence-electron chi connectivity index (χ3n) is 11.4. The molecule has 0 bridgehead atoms. The Hall–Kier alpha value is -6.05. The largest absolute Gasteiger partial charge is 0.248 e. The Morgan fingerprint density at radius 2 is 0.900 bits per heavy atom. The van der Waals surface area contributed by atoms with Crippen LogP contribution in [0.15, 0.2) is 176 Å². The van der Waals surface area contributed by atoms with E-state index in [0.29, 0.717) is 0 Å². The van der Waals surface area contributed by atoms with Crippen molar-refractivity contribution in [1.29, 1.82) is 0 Å². The van der Waals surface area contributed by atoms with Gasteiger partial charge in [0, 0.05) is 16.4 Å². The number of fused-ring (bicyclic) bond motifs is 10. The minimum atomic E-state index is -0.395. The molecule has 0 fully saturated rings. The van der Waals surface area contributed by atoms with Gasteiger partial charge in [0.25, 0.3) is 0 Å². The second-order valence-electron chi connectivity index (χ2n) is 14.3. The van der Waals surface area contributed by atoms with Crippen molar-refractivity contribution in [1.82, 2.24) is 4.98 Å². The van der Waals surface area contributed by atoms with Crippen molar-refractivity contribution >= 4 is 10.9 Å². The summed E-state index contributed by atoms with van der Waals surface area (Å²) in [7, 11) is 0. The predicted molar refractivity (Wildman–Crippen MR) is 207 cm³/mol. The zero-order chi connectivity index (χ0) is 33.5. The normalized spacial score (nSPS) is 14.5. The molecule has 50 heavy (non-hydrogen) atoms. The number of para-hydroxylation sites is 1. The summed E-state index contributed by atoms with van der Waals surface area (Å²) in [4.78, 5) is 5.12. The molecule has 0 amide bonds. The number of hydrogen-bond acceptors (Lipinski definition) is 1. The molecular formula is C49H35N. The maximum atomic E-state index is 5.12. The van der Waals surface area contributed by atoms with E-state index in [0.717, 1.165) is 16.8 Å². The zero-order valence-electron chi connectivity index (χ0n) is 28.2. The van der Waals surface area contributed by atoms with Crippen LogP contribution in [0.5, 0.6) is 0 Å². The summed E-state index contributed by atoms with van der Waals surface area (Å²) in [6.45, 7) is 4.78. The zero-order valence-corrected chi connectivity index (χ0v) is 28.2. The minimum absolute atomic E-state index is 0.149. The Morgan fingerprint density at radius 3 is 1.62 bits per heavy atom. The number of benzene rings is 7. The highest BCUT2D eigenvalue weighted by atomic mass is 14.7. The van der Waals surface area contributed by atoms with Crippen molar-refractivity contribution in [3.63, 3.8) is 0 Å². The predicted octanol–water partition coefficient (Wildman–Crippen LogP) is 12.2. The molecule has 0 atom stereocenters. The van der Waals surface area contributed by atoms with Gasteiger partial charge in [0.1, 0.15) is 0 Å². The van der Waals surface area contributed by atoms with Crippen molar-refractivity contribution < 1.29 is 0 Å². The molecule has 0 unspecified atom stereocenters. The molecule has 10 rings (SSSR count). The van der Waals surface area contributed by atoms with E-state index in [4.69, 9.17) is 4.98 Å². The second kappa shape index (κ2) is 10.7. The van der Waals surface area contributed by atoms with E-state index < -0.39 is 5.41 Å². The fourth-order valence-corrected chi connectivity index (χ4v) is 9.05. The van der Waals surface area contributed by atoms with Crippen molar-refractivity contribution in [3.8, 4) is 44.6 Å². The molecule has 2 aliphatic rings. The molecule has 0 saturated heterocycles. The van der Waals surface area contributed by atoms with Gasteiger partial charge in [0.15, 0.2) is 0 Å². The fraction of sp³-hybridized carbons (Fsp3) is 0.0816. The summed E-state index contributed by atoms with van der Waals surface area (Å²) in [5, 5.41) is 1.17. The van der Waals surface area contributed by atoms with Gasteiger partial charge in [-0.1, -0.05) is 172 Å². The van der Waals surface area contributed by atoms with Crippen LogP contribution < -0.4 is 0 Å². The number of rotatable bonds is 3. The second-order valence-corrected chi connectivity index (χ2v) is 14.3. The van der Waals surface area contributed by atoms with Gasteiger partial charge in [-0.15, -0.1) is 0 Å². The average Bonchev–Trinajstić information content (AvgIpc) is 3.48. The Balaban J connectivity index is 1.15. The molecule has 1 aromatic heterocycles. The fourth-order valence-electron chi connectivity index (χ4n) is 9.05. The van der Waals surface area contributed by atoms with Gasteiger partial charge in [-0.3, -0.25) is 0 Å². The number of nitrogens with zero attached hydrogens (tertiary/aromatic N) is 1. The van der Waals surface area contributed by atoms with Crippen LogP contribution in [0.25, 0.3) is 55.5 Å². The lowest BCUT2D eigenvalue weighted by Gasteiger charge is -2.46. The van der Waals surface area contributed by atoms with Crippen LogP contribution in [0.1, 0.15) is 47.2 Å². The van der Waals surface area contributed by atoms with Crippen LogP contribution >= 0.6 is 0 Å². The summed E-state index contributed by atoms with van der Waals surface area (Å²) in [5.41, 5.74) is 18.3. The quantitative estimate of drug-likeness (QED) is 0.188. The van der Waals surface area contributed by atoms with E-state index in [1.54, 1.807) is 0 Å². The summed E-state index contributed by atoms with van der Waals surface area (Å²) in [6.07, 6.45) is 0. The molecule has 1 heterocycles. The average molecular weight is 638 g/mol. The summed E-state index contributed by atoms with van der Waals surface area (Å²) < 4.78 is 0. The van der Waals surface area contributed by atoms with Crippen LogP contribution in [0, 0.1) is 0 Å². The lowest BCUT2D eigenvalue weighted by Crippen LogP contribution is -2.40. The molecule has 7 aromatic carbocycles. The van der Waals surface area contributed by atoms with Gasteiger partial charge in [-0.2, -0.15) is 0 Å². The first-order valence-corrected chi connectivity index (χ1v) is 17.6. The summed E-state index contributed by atoms with van der Waals surface area (Å²) >= 11 is 0. The maximum absolute atomic E-state index is 5.12. The number of hydrogen-bond donors (Lipinski definition) is 0. The highest BCUT2D eigenvalue weighted by molar-refractivity contribution is 5.97. The molecule has 236 valence electrons. The lowest BCUT2D eigenvalue weighted by molar-refractivity contribution is 0.563. The number of aromatic nitrogens is 1. The number of pyridine rings is 1. The molecule has 1 heteroatoms. The summed E-state index contributed by atoms with van der Waals surface area (Å²) in [6, 6.07) is 64.8. The molecule has 1 nitrogen and oxygen atoms in total. The van der Waals surface area contributed by atoms with Crippen LogP contribution in [0.3, 0.4) is 0 Å². The minimum Gasteiger partial charge on any atom is -0.248 e. The van der Waals surface area contributed by atoms with E-state index in [1.165, 1.54) is 72.1 Å². The molecule has 0 aliphatic heterocycles. The van der Waals surface area contributed by atoms with E-state index in [-0.39, 0.29) is 5.41 Å². The monoisotopic (exact) mass is 637 g/mol. The van der Waals surface area contributed by atoms with Gasteiger partial charge in [0.2, 0.25) is 0 Å². The van der Waals surface area contributed by atoms with E-state index in [9.17, 15) is 0 Å².